The minimum Gasteiger partial charge on any atom is -0.339 e. The molecule has 2 aliphatic rings. The molecule has 2 fully saturated rings. The minimum atomic E-state index is -2.87. The molecule has 2 saturated heterocycles. The molecule has 0 aromatic heterocycles. The van der Waals surface area contributed by atoms with E-state index in [-0.39, 0.29) is 29.5 Å². The van der Waals surface area contributed by atoms with Crippen molar-refractivity contribution in [2.75, 3.05) is 31.1 Å². The quantitative estimate of drug-likeness (QED) is 0.717. The number of carbonyl (C=O) groups excluding carboxylic acids is 1. The molecule has 1 atom stereocenters. The molecule has 0 aromatic rings. The fraction of sp³-hybridized carbons (Fsp3) is 0.917. The van der Waals surface area contributed by atoms with Crippen LogP contribution >= 0.6 is 0 Å². The van der Waals surface area contributed by atoms with E-state index in [4.69, 9.17) is 0 Å². The number of carbonyl (C=O) groups is 1. The highest BCUT2D eigenvalue weighted by Gasteiger charge is 2.36. The maximum absolute atomic E-state index is 12.4. The molecule has 0 spiro atoms. The van der Waals surface area contributed by atoms with Gasteiger partial charge in [0.05, 0.1) is 17.5 Å². The molecule has 0 aliphatic carbocycles. The lowest BCUT2D eigenvalue weighted by Gasteiger charge is -2.41. The third kappa shape index (κ3) is 2.85. The SMILES string of the molecule is CC(C)N1CCC[C@H](N2CCS(=O)(=O)CC2)C1=O. The predicted octanol–water partition coefficient (Wildman–Crippen LogP) is 0.116. The number of nitrogens with zero attached hydrogens (tertiary/aromatic N) is 2. The first-order chi connectivity index (χ1) is 8.41. The van der Waals surface area contributed by atoms with Gasteiger partial charge in [-0.05, 0) is 26.7 Å². The maximum atomic E-state index is 12.4. The first kappa shape index (κ1) is 13.8. The maximum Gasteiger partial charge on any atom is 0.240 e. The van der Waals surface area contributed by atoms with Crippen LogP contribution in [-0.4, -0.2) is 67.3 Å². The summed E-state index contributed by atoms with van der Waals surface area (Å²) in [6.45, 7) is 5.90. The van der Waals surface area contributed by atoms with Crippen LogP contribution in [0.25, 0.3) is 0 Å². The van der Waals surface area contributed by atoms with E-state index in [1.165, 1.54) is 0 Å². The second-order valence-corrected chi connectivity index (χ2v) is 7.77. The smallest absolute Gasteiger partial charge is 0.240 e. The van der Waals surface area contributed by atoms with Crippen molar-refractivity contribution >= 4 is 15.7 Å². The summed E-state index contributed by atoms with van der Waals surface area (Å²) < 4.78 is 22.8. The van der Waals surface area contributed by atoms with E-state index in [1.54, 1.807) is 0 Å². The second-order valence-electron chi connectivity index (χ2n) is 5.47. The molecular formula is C12H22N2O3S. The standard InChI is InChI=1S/C12H22N2O3S/c1-10(2)14-5-3-4-11(12(14)15)13-6-8-18(16,17)9-7-13/h10-11H,3-9H2,1-2H3/t11-/m0/s1. The largest absolute Gasteiger partial charge is 0.339 e. The van der Waals surface area contributed by atoms with Gasteiger partial charge in [-0.3, -0.25) is 9.69 Å². The summed E-state index contributed by atoms with van der Waals surface area (Å²) >= 11 is 0. The number of piperidine rings is 1. The first-order valence-electron chi connectivity index (χ1n) is 6.66. The minimum absolute atomic E-state index is 0.100. The molecule has 0 N–H and O–H groups in total. The van der Waals surface area contributed by atoms with Crippen LogP contribution in [0.1, 0.15) is 26.7 Å². The molecule has 104 valence electrons. The molecule has 6 heteroatoms. The van der Waals surface area contributed by atoms with Crippen LogP contribution < -0.4 is 0 Å². The van der Waals surface area contributed by atoms with Gasteiger partial charge in [0.25, 0.3) is 0 Å². The lowest BCUT2D eigenvalue weighted by molar-refractivity contribution is -0.142. The van der Waals surface area contributed by atoms with Crippen LogP contribution in [0.5, 0.6) is 0 Å². The molecule has 2 rings (SSSR count). The van der Waals surface area contributed by atoms with E-state index in [1.807, 2.05) is 18.7 Å². The van der Waals surface area contributed by atoms with Crippen LogP contribution in [0.2, 0.25) is 0 Å². The Kier molecular flexibility index (Phi) is 3.96. The topological polar surface area (TPSA) is 57.7 Å². The summed E-state index contributed by atoms with van der Waals surface area (Å²) in [6, 6.07) is 0.130. The Morgan fingerprint density at radius 3 is 2.33 bits per heavy atom. The lowest BCUT2D eigenvalue weighted by atomic mass is 10.0. The van der Waals surface area contributed by atoms with Gasteiger partial charge in [0.2, 0.25) is 5.91 Å². The molecule has 5 nitrogen and oxygen atoms in total. The Bertz CT molecular complexity index is 405. The van der Waals surface area contributed by atoms with Crippen molar-refractivity contribution in [2.24, 2.45) is 0 Å². The van der Waals surface area contributed by atoms with Gasteiger partial charge >= 0.3 is 0 Å². The van der Waals surface area contributed by atoms with Gasteiger partial charge in [0.1, 0.15) is 0 Å². The fourth-order valence-electron chi connectivity index (χ4n) is 2.77. The Labute approximate surface area is 109 Å². The number of rotatable bonds is 2. The monoisotopic (exact) mass is 274 g/mol. The number of amides is 1. The van der Waals surface area contributed by atoms with Gasteiger partial charge in [-0.2, -0.15) is 0 Å². The zero-order valence-electron chi connectivity index (χ0n) is 11.1. The summed E-state index contributed by atoms with van der Waals surface area (Å²) in [6.07, 6.45) is 1.87. The van der Waals surface area contributed by atoms with Crippen molar-refractivity contribution in [3.8, 4) is 0 Å². The van der Waals surface area contributed by atoms with Gasteiger partial charge in [-0.15, -0.1) is 0 Å². The van der Waals surface area contributed by atoms with E-state index >= 15 is 0 Å². The molecule has 2 heterocycles. The van der Waals surface area contributed by atoms with E-state index in [0.717, 1.165) is 19.4 Å². The van der Waals surface area contributed by atoms with E-state index in [2.05, 4.69) is 4.90 Å². The van der Waals surface area contributed by atoms with Gasteiger partial charge < -0.3 is 4.90 Å². The summed E-state index contributed by atoms with van der Waals surface area (Å²) in [4.78, 5) is 16.3. The molecule has 0 bridgehead atoms. The van der Waals surface area contributed by atoms with Crippen molar-refractivity contribution < 1.29 is 13.2 Å². The Morgan fingerprint density at radius 1 is 1.17 bits per heavy atom. The van der Waals surface area contributed by atoms with Crippen LogP contribution in [0.4, 0.5) is 0 Å². The molecule has 0 unspecified atom stereocenters. The number of likely N-dealkylation sites (tertiary alicyclic amines) is 1. The molecule has 2 aliphatic heterocycles. The molecule has 0 aromatic carbocycles. The second kappa shape index (κ2) is 5.17. The van der Waals surface area contributed by atoms with Crippen LogP contribution in [0, 0.1) is 0 Å². The first-order valence-corrected chi connectivity index (χ1v) is 8.48. The fourth-order valence-corrected chi connectivity index (χ4v) is 4.00. The molecule has 18 heavy (non-hydrogen) atoms. The zero-order chi connectivity index (χ0) is 13.3. The number of sulfone groups is 1. The summed E-state index contributed by atoms with van der Waals surface area (Å²) in [7, 11) is -2.87. The summed E-state index contributed by atoms with van der Waals surface area (Å²) in [5.74, 6) is 0.562. The van der Waals surface area contributed by atoms with Crippen LogP contribution in [0.3, 0.4) is 0 Å². The van der Waals surface area contributed by atoms with Gasteiger partial charge in [0.15, 0.2) is 9.84 Å². The van der Waals surface area contributed by atoms with Crippen molar-refractivity contribution in [3.05, 3.63) is 0 Å². The number of hydrogen-bond donors (Lipinski definition) is 0. The summed E-state index contributed by atoms with van der Waals surface area (Å²) in [5, 5.41) is 0. The van der Waals surface area contributed by atoms with Gasteiger partial charge in [-0.25, -0.2) is 8.42 Å². The molecular weight excluding hydrogens is 252 g/mol. The average molecular weight is 274 g/mol. The van der Waals surface area contributed by atoms with E-state index < -0.39 is 9.84 Å². The highest BCUT2D eigenvalue weighted by Crippen LogP contribution is 2.21. The average Bonchev–Trinajstić information content (AvgIpc) is 2.29. The third-order valence-corrected chi connectivity index (χ3v) is 5.50. The zero-order valence-corrected chi connectivity index (χ0v) is 11.9. The van der Waals surface area contributed by atoms with E-state index in [0.29, 0.717) is 13.1 Å². The predicted molar refractivity (Wildman–Crippen MR) is 70.1 cm³/mol. The highest BCUT2D eigenvalue weighted by molar-refractivity contribution is 7.91. The Morgan fingerprint density at radius 2 is 1.78 bits per heavy atom. The lowest BCUT2D eigenvalue weighted by Crippen LogP contribution is -2.57. The van der Waals surface area contributed by atoms with Crippen molar-refractivity contribution in [1.82, 2.24) is 9.80 Å². The van der Waals surface area contributed by atoms with E-state index in [9.17, 15) is 13.2 Å². The number of hydrogen-bond acceptors (Lipinski definition) is 4. The normalized spacial score (nSPS) is 29.8. The molecule has 1 amide bonds. The Balaban J connectivity index is 2.03. The summed E-state index contributed by atoms with van der Waals surface area (Å²) in [5.41, 5.74) is 0. The Hall–Kier alpha value is -0.620. The van der Waals surface area contributed by atoms with Gasteiger partial charge in [0, 0.05) is 25.7 Å². The van der Waals surface area contributed by atoms with Crippen LogP contribution in [0.15, 0.2) is 0 Å². The highest BCUT2D eigenvalue weighted by atomic mass is 32.2. The molecule has 0 saturated carbocycles. The van der Waals surface area contributed by atoms with Crippen molar-refractivity contribution in [2.45, 2.75) is 38.8 Å². The van der Waals surface area contributed by atoms with Crippen molar-refractivity contribution in [1.29, 1.82) is 0 Å². The van der Waals surface area contributed by atoms with Crippen molar-refractivity contribution in [3.63, 3.8) is 0 Å². The van der Waals surface area contributed by atoms with Crippen LogP contribution in [-0.2, 0) is 14.6 Å². The molecule has 0 radical (unpaired) electrons. The third-order valence-electron chi connectivity index (χ3n) is 3.89. The van der Waals surface area contributed by atoms with Gasteiger partial charge in [-0.1, -0.05) is 0 Å².